The van der Waals surface area contributed by atoms with Crippen LogP contribution in [0.3, 0.4) is 0 Å². The molecular formula is C12H14Cl2N4O. The zero-order valence-electron chi connectivity index (χ0n) is 10.7. The molecule has 0 fully saturated rings. The summed E-state index contributed by atoms with van der Waals surface area (Å²) in [5, 5.41) is 3.28. The van der Waals surface area contributed by atoms with E-state index in [0.717, 1.165) is 0 Å². The average Bonchev–Trinajstić information content (AvgIpc) is 2.75. The molecule has 2 heterocycles. The molecule has 19 heavy (non-hydrogen) atoms. The van der Waals surface area contributed by atoms with Gasteiger partial charge in [-0.2, -0.15) is 0 Å². The number of rotatable bonds is 4. The lowest BCUT2D eigenvalue weighted by Gasteiger charge is -2.15. The van der Waals surface area contributed by atoms with Crippen molar-refractivity contribution in [3.63, 3.8) is 0 Å². The molecular weight excluding hydrogens is 287 g/mol. The fourth-order valence-electron chi connectivity index (χ4n) is 1.94. The van der Waals surface area contributed by atoms with E-state index in [0.29, 0.717) is 28.6 Å². The first-order chi connectivity index (χ1) is 9.08. The Kier molecular flexibility index (Phi) is 4.27. The van der Waals surface area contributed by atoms with Gasteiger partial charge in [-0.15, -0.1) is 11.6 Å². The van der Waals surface area contributed by atoms with Crippen LogP contribution in [0.2, 0.25) is 5.02 Å². The van der Waals surface area contributed by atoms with Crippen molar-refractivity contribution in [3.05, 3.63) is 23.1 Å². The van der Waals surface area contributed by atoms with Crippen molar-refractivity contribution >= 4 is 40.3 Å². The van der Waals surface area contributed by atoms with E-state index in [1.165, 1.54) is 6.20 Å². The van der Waals surface area contributed by atoms with Crippen molar-refractivity contribution in [3.8, 4) is 0 Å². The maximum atomic E-state index is 12.0. The summed E-state index contributed by atoms with van der Waals surface area (Å²) >= 11 is 11.8. The molecule has 0 spiro atoms. The molecule has 0 aliphatic carbocycles. The molecule has 2 aromatic heterocycles. The number of imidazole rings is 1. The summed E-state index contributed by atoms with van der Waals surface area (Å²) in [6.07, 6.45) is 1.53. The fraction of sp³-hybridized carbons (Fsp3) is 0.417. The largest absolute Gasteiger partial charge is 0.355 e. The topological polar surface area (TPSA) is 59.8 Å². The number of likely N-dealkylation sites (N-methyl/N-ethyl adjacent to an activating group) is 1. The van der Waals surface area contributed by atoms with E-state index < -0.39 is 6.04 Å². The Balaban J connectivity index is 2.54. The van der Waals surface area contributed by atoms with Crippen LogP contribution in [0.1, 0.15) is 25.7 Å². The molecule has 102 valence electrons. The lowest BCUT2D eigenvalue weighted by molar-refractivity contribution is -0.123. The van der Waals surface area contributed by atoms with Gasteiger partial charge in [0, 0.05) is 12.7 Å². The standard InChI is InChI=1S/C12H14Cl2N4O/c1-3-15-12(19)7(2)18-10(5-13)17-9-4-8(14)6-16-11(9)18/h4,6-7H,3,5H2,1-2H3,(H,15,19). The van der Waals surface area contributed by atoms with Crippen molar-refractivity contribution < 1.29 is 4.79 Å². The van der Waals surface area contributed by atoms with Crippen molar-refractivity contribution in [1.82, 2.24) is 19.9 Å². The molecule has 0 radical (unpaired) electrons. The third-order valence-electron chi connectivity index (χ3n) is 2.81. The molecule has 0 aliphatic heterocycles. The Morgan fingerprint density at radius 1 is 1.58 bits per heavy atom. The number of halogens is 2. The maximum absolute atomic E-state index is 12.0. The first-order valence-corrected chi connectivity index (χ1v) is 6.85. The molecule has 0 saturated carbocycles. The van der Waals surface area contributed by atoms with Crippen LogP contribution in [-0.4, -0.2) is 27.0 Å². The molecule has 0 bridgehead atoms. The number of fused-ring (bicyclic) bond motifs is 1. The average molecular weight is 301 g/mol. The molecule has 0 saturated heterocycles. The number of nitrogens with one attached hydrogen (secondary N) is 1. The van der Waals surface area contributed by atoms with Crippen molar-refractivity contribution in [2.75, 3.05) is 6.54 Å². The van der Waals surface area contributed by atoms with Crippen LogP contribution < -0.4 is 5.32 Å². The van der Waals surface area contributed by atoms with Gasteiger partial charge in [0.2, 0.25) is 5.91 Å². The molecule has 1 N–H and O–H groups in total. The third kappa shape index (κ3) is 2.67. The summed E-state index contributed by atoms with van der Waals surface area (Å²) in [6, 6.07) is 1.29. The highest BCUT2D eigenvalue weighted by atomic mass is 35.5. The monoisotopic (exact) mass is 300 g/mol. The number of carbonyl (C=O) groups is 1. The predicted octanol–water partition coefficient (Wildman–Crippen LogP) is 2.52. The third-order valence-corrected chi connectivity index (χ3v) is 3.25. The Labute approximate surface area is 120 Å². The summed E-state index contributed by atoms with van der Waals surface area (Å²) in [5.41, 5.74) is 1.25. The van der Waals surface area contributed by atoms with E-state index in [2.05, 4.69) is 15.3 Å². The molecule has 2 rings (SSSR count). The van der Waals surface area contributed by atoms with Crippen LogP contribution in [0.4, 0.5) is 0 Å². The normalized spacial score (nSPS) is 12.6. The van der Waals surface area contributed by atoms with Crippen LogP contribution in [0, 0.1) is 0 Å². The van der Waals surface area contributed by atoms with E-state index in [-0.39, 0.29) is 11.8 Å². The van der Waals surface area contributed by atoms with Gasteiger partial charge in [0.25, 0.3) is 0 Å². The summed E-state index contributed by atoms with van der Waals surface area (Å²) in [6.45, 7) is 4.24. The van der Waals surface area contributed by atoms with E-state index in [1.54, 1.807) is 17.6 Å². The number of hydrogen-bond acceptors (Lipinski definition) is 3. The fourth-order valence-corrected chi connectivity index (χ4v) is 2.29. The first-order valence-electron chi connectivity index (χ1n) is 5.94. The molecule has 5 nitrogen and oxygen atoms in total. The molecule has 1 unspecified atom stereocenters. The summed E-state index contributed by atoms with van der Waals surface area (Å²) in [5.74, 6) is 0.715. The number of nitrogens with zero attached hydrogens (tertiary/aromatic N) is 3. The van der Waals surface area contributed by atoms with Crippen molar-refractivity contribution in [2.45, 2.75) is 25.8 Å². The zero-order valence-corrected chi connectivity index (χ0v) is 12.2. The number of alkyl halides is 1. The van der Waals surface area contributed by atoms with Gasteiger partial charge in [-0.1, -0.05) is 11.6 Å². The molecule has 1 atom stereocenters. The SMILES string of the molecule is CCNC(=O)C(C)n1c(CCl)nc2cc(Cl)cnc21. The summed E-state index contributed by atoms with van der Waals surface area (Å²) in [7, 11) is 0. The van der Waals surface area contributed by atoms with Gasteiger partial charge >= 0.3 is 0 Å². The van der Waals surface area contributed by atoms with Crippen LogP contribution >= 0.6 is 23.2 Å². The highest BCUT2D eigenvalue weighted by Gasteiger charge is 2.21. The highest BCUT2D eigenvalue weighted by Crippen LogP contribution is 2.23. The zero-order chi connectivity index (χ0) is 14.0. The van der Waals surface area contributed by atoms with Crippen molar-refractivity contribution in [2.24, 2.45) is 0 Å². The van der Waals surface area contributed by atoms with Gasteiger partial charge in [-0.25, -0.2) is 9.97 Å². The van der Waals surface area contributed by atoms with Gasteiger partial charge in [0.15, 0.2) is 5.65 Å². The Morgan fingerprint density at radius 2 is 2.32 bits per heavy atom. The quantitative estimate of drug-likeness (QED) is 0.883. The Bertz CT molecular complexity index is 611. The lowest BCUT2D eigenvalue weighted by Crippen LogP contribution is -2.31. The summed E-state index contributed by atoms with van der Waals surface area (Å²) in [4.78, 5) is 20.6. The van der Waals surface area contributed by atoms with E-state index in [9.17, 15) is 4.79 Å². The first kappa shape index (κ1) is 14.1. The van der Waals surface area contributed by atoms with Crippen LogP contribution in [0.25, 0.3) is 11.2 Å². The van der Waals surface area contributed by atoms with E-state index >= 15 is 0 Å². The predicted molar refractivity (Wildman–Crippen MR) is 75.5 cm³/mol. The molecule has 0 aliphatic rings. The molecule has 0 aromatic carbocycles. The van der Waals surface area contributed by atoms with Crippen LogP contribution in [-0.2, 0) is 10.7 Å². The van der Waals surface area contributed by atoms with Gasteiger partial charge in [0.05, 0.1) is 10.9 Å². The van der Waals surface area contributed by atoms with Gasteiger partial charge < -0.3 is 5.32 Å². The second-order valence-corrected chi connectivity index (χ2v) is 4.80. The minimum absolute atomic E-state index is 0.0927. The Morgan fingerprint density at radius 3 is 2.95 bits per heavy atom. The second-order valence-electron chi connectivity index (χ2n) is 4.10. The highest BCUT2D eigenvalue weighted by molar-refractivity contribution is 6.31. The second kappa shape index (κ2) is 5.75. The smallest absolute Gasteiger partial charge is 0.242 e. The van der Waals surface area contributed by atoms with Gasteiger partial charge in [-0.3, -0.25) is 9.36 Å². The minimum Gasteiger partial charge on any atom is -0.355 e. The minimum atomic E-state index is -0.424. The van der Waals surface area contributed by atoms with E-state index in [4.69, 9.17) is 23.2 Å². The number of carbonyl (C=O) groups excluding carboxylic acids is 1. The van der Waals surface area contributed by atoms with Crippen LogP contribution in [0.15, 0.2) is 12.3 Å². The van der Waals surface area contributed by atoms with E-state index in [1.807, 2.05) is 6.92 Å². The van der Waals surface area contributed by atoms with Gasteiger partial charge in [0.1, 0.15) is 17.4 Å². The lowest BCUT2D eigenvalue weighted by atomic mass is 10.3. The number of aromatic nitrogens is 3. The van der Waals surface area contributed by atoms with Crippen LogP contribution in [0.5, 0.6) is 0 Å². The van der Waals surface area contributed by atoms with Gasteiger partial charge in [-0.05, 0) is 19.9 Å². The maximum Gasteiger partial charge on any atom is 0.242 e. The molecule has 7 heteroatoms. The molecule has 2 aromatic rings. The number of pyridine rings is 1. The molecule has 1 amide bonds. The number of hydrogen-bond donors (Lipinski definition) is 1. The Hall–Kier alpha value is -1.33. The number of amides is 1. The summed E-state index contributed by atoms with van der Waals surface area (Å²) < 4.78 is 1.74. The van der Waals surface area contributed by atoms with Crippen molar-refractivity contribution in [1.29, 1.82) is 0 Å².